The van der Waals surface area contributed by atoms with Gasteiger partial charge in [-0.2, -0.15) is 0 Å². The van der Waals surface area contributed by atoms with Crippen molar-refractivity contribution in [3.05, 3.63) is 24.0 Å². The fraction of sp³-hybridized carbons (Fsp3) is 0.300. The number of para-hydroxylation sites is 1. The molecule has 1 aromatic rings. The van der Waals surface area contributed by atoms with E-state index in [1.807, 2.05) is 6.92 Å². The zero-order chi connectivity index (χ0) is 10.1. The first-order valence-electron chi connectivity index (χ1n) is 4.51. The number of halogens is 1. The van der Waals surface area contributed by atoms with Crippen molar-refractivity contribution in [2.24, 2.45) is 0 Å². The summed E-state index contributed by atoms with van der Waals surface area (Å²) in [6, 6.07) is 4.72. The minimum atomic E-state index is -0.405. The van der Waals surface area contributed by atoms with E-state index in [9.17, 15) is 9.18 Å². The molecule has 1 heterocycles. The summed E-state index contributed by atoms with van der Waals surface area (Å²) in [5.41, 5.74) is 0.894. The lowest BCUT2D eigenvalue weighted by atomic mass is 10.2. The molecule has 0 radical (unpaired) electrons. The molecule has 0 aliphatic carbocycles. The second kappa shape index (κ2) is 3.29. The fourth-order valence-corrected chi connectivity index (χ4v) is 1.56. The van der Waals surface area contributed by atoms with E-state index < -0.39 is 5.82 Å². The number of hydrogen-bond acceptors (Lipinski definition) is 2. The Morgan fingerprint density at radius 1 is 1.50 bits per heavy atom. The highest BCUT2D eigenvalue weighted by atomic mass is 19.1. The smallest absolute Gasteiger partial charge is 0.226 e. The first kappa shape index (κ1) is 8.99. The van der Waals surface area contributed by atoms with E-state index in [1.54, 1.807) is 12.1 Å². The highest BCUT2D eigenvalue weighted by Crippen LogP contribution is 2.28. The summed E-state index contributed by atoms with van der Waals surface area (Å²) < 4.78 is 13.3. The number of anilines is 2. The van der Waals surface area contributed by atoms with Crippen LogP contribution in [0.15, 0.2) is 18.2 Å². The van der Waals surface area contributed by atoms with Crippen LogP contribution >= 0.6 is 0 Å². The molecule has 0 aromatic heterocycles. The van der Waals surface area contributed by atoms with E-state index in [1.165, 1.54) is 6.07 Å². The maximum atomic E-state index is 13.3. The van der Waals surface area contributed by atoms with Crippen LogP contribution in [0.2, 0.25) is 0 Å². The average Bonchev–Trinajstić information content (AvgIpc) is 2.23. The van der Waals surface area contributed by atoms with E-state index in [0.717, 1.165) is 0 Å². The zero-order valence-electron chi connectivity index (χ0n) is 7.80. The minimum absolute atomic E-state index is 0.0260. The van der Waals surface area contributed by atoms with E-state index in [2.05, 4.69) is 10.6 Å². The Kier molecular flexibility index (Phi) is 2.11. The number of fused-ring (bicyclic) bond motifs is 1. The van der Waals surface area contributed by atoms with Crippen molar-refractivity contribution in [1.29, 1.82) is 0 Å². The molecule has 1 aromatic carbocycles. The van der Waals surface area contributed by atoms with Gasteiger partial charge in [0.15, 0.2) is 0 Å². The summed E-state index contributed by atoms with van der Waals surface area (Å²) in [4.78, 5) is 11.3. The Morgan fingerprint density at radius 2 is 2.29 bits per heavy atom. The lowest BCUT2D eigenvalue weighted by Gasteiger charge is -2.11. The van der Waals surface area contributed by atoms with Gasteiger partial charge in [-0.3, -0.25) is 4.79 Å². The van der Waals surface area contributed by atoms with Gasteiger partial charge in [0.2, 0.25) is 5.91 Å². The summed E-state index contributed by atoms with van der Waals surface area (Å²) in [6.45, 7) is 1.89. The fourth-order valence-electron chi connectivity index (χ4n) is 1.56. The molecule has 2 N–H and O–H groups in total. The SMILES string of the molecule is CC1CC(=O)Nc2c(F)cccc2N1. The van der Waals surface area contributed by atoms with Crippen LogP contribution in [0.25, 0.3) is 0 Å². The summed E-state index contributed by atoms with van der Waals surface area (Å²) in [7, 11) is 0. The molecular weight excluding hydrogens is 183 g/mol. The lowest BCUT2D eigenvalue weighted by Crippen LogP contribution is -2.18. The summed E-state index contributed by atoms with van der Waals surface area (Å²) in [5, 5.41) is 5.61. The molecule has 1 unspecified atom stereocenters. The van der Waals surface area contributed by atoms with Gasteiger partial charge in [0.25, 0.3) is 0 Å². The molecule has 0 bridgehead atoms. The molecule has 0 saturated heterocycles. The van der Waals surface area contributed by atoms with Gasteiger partial charge in [-0.05, 0) is 19.1 Å². The number of carbonyl (C=O) groups excluding carboxylic acids is 1. The predicted octanol–water partition coefficient (Wildman–Crippen LogP) is 1.97. The highest BCUT2D eigenvalue weighted by Gasteiger charge is 2.19. The van der Waals surface area contributed by atoms with Crippen molar-refractivity contribution < 1.29 is 9.18 Å². The van der Waals surface area contributed by atoms with Crippen molar-refractivity contribution in [3.63, 3.8) is 0 Å². The number of rotatable bonds is 0. The standard InChI is InChI=1S/C10H11FN2O/c1-6-5-9(14)13-10-7(11)3-2-4-8(10)12-6/h2-4,6,12H,5H2,1H3,(H,13,14). The minimum Gasteiger partial charge on any atom is -0.380 e. The van der Waals surface area contributed by atoms with Gasteiger partial charge in [0, 0.05) is 12.5 Å². The number of carbonyl (C=O) groups is 1. The molecule has 0 spiro atoms. The number of nitrogens with one attached hydrogen (secondary N) is 2. The summed E-state index contributed by atoms with van der Waals surface area (Å²) in [6.07, 6.45) is 0.355. The van der Waals surface area contributed by atoms with Crippen molar-refractivity contribution >= 4 is 17.3 Å². The molecule has 14 heavy (non-hydrogen) atoms. The van der Waals surface area contributed by atoms with Crippen LogP contribution < -0.4 is 10.6 Å². The third-order valence-corrected chi connectivity index (χ3v) is 2.17. The Labute approximate surface area is 81.3 Å². The molecule has 0 saturated carbocycles. The van der Waals surface area contributed by atoms with E-state index in [0.29, 0.717) is 12.1 Å². The normalized spacial score (nSPS) is 20.4. The van der Waals surface area contributed by atoms with Crippen LogP contribution in [0, 0.1) is 5.82 Å². The number of hydrogen-bond donors (Lipinski definition) is 2. The predicted molar refractivity (Wildman–Crippen MR) is 52.7 cm³/mol. The molecule has 74 valence electrons. The Morgan fingerprint density at radius 3 is 3.07 bits per heavy atom. The van der Waals surface area contributed by atoms with Gasteiger partial charge in [-0.15, -0.1) is 0 Å². The van der Waals surface area contributed by atoms with Crippen LogP contribution in [0.3, 0.4) is 0 Å². The second-order valence-electron chi connectivity index (χ2n) is 3.46. The first-order chi connectivity index (χ1) is 6.66. The van der Waals surface area contributed by atoms with Gasteiger partial charge in [-0.25, -0.2) is 4.39 Å². The first-order valence-corrected chi connectivity index (χ1v) is 4.51. The molecule has 1 aliphatic heterocycles. The Balaban J connectivity index is 2.46. The third kappa shape index (κ3) is 1.55. The van der Waals surface area contributed by atoms with E-state index in [4.69, 9.17) is 0 Å². The topological polar surface area (TPSA) is 41.1 Å². The molecule has 0 fully saturated rings. The summed E-state index contributed by atoms with van der Waals surface area (Å²) in [5.74, 6) is -0.564. The monoisotopic (exact) mass is 194 g/mol. The quantitative estimate of drug-likeness (QED) is 0.663. The van der Waals surface area contributed by atoms with Gasteiger partial charge in [0.05, 0.1) is 5.69 Å². The van der Waals surface area contributed by atoms with E-state index in [-0.39, 0.29) is 17.6 Å². The average molecular weight is 194 g/mol. The van der Waals surface area contributed by atoms with Crippen LogP contribution in [-0.4, -0.2) is 11.9 Å². The van der Waals surface area contributed by atoms with Crippen molar-refractivity contribution in [1.82, 2.24) is 0 Å². The molecule has 2 rings (SSSR count). The highest BCUT2D eigenvalue weighted by molar-refractivity contribution is 5.96. The van der Waals surface area contributed by atoms with Crippen LogP contribution in [0.5, 0.6) is 0 Å². The lowest BCUT2D eigenvalue weighted by molar-refractivity contribution is -0.116. The third-order valence-electron chi connectivity index (χ3n) is 2.17. The van der Waals surface area contributed by atoms with Gasteiger partial charge >= 0.3 is 0 Å². The second-order valence-corrected chi connectivity index (χ2v) is 3.46. The van der Waals surface area contributed by atoms with Crippen LogP contribution in [0.4, 0.5) is 15.8 Å². The largest absolute Gasteiger partial charge is 0.380 e. The van der Waals surface area contributed by atoms with Gasteiger partial charge in [0.1, 0.15) is 11.5 Å². The zero-order valence-corrected chi connectivity index (χ0v) is 7.80. The maximum absolute atomic E-state index is 13.3. The molecule has 1 atom stereocenters. The molecular formula is C10H11FN2O. The van der Waals surface area contributed by atoms with Crippen LogP contribution in [-0.2, 0) is 4.79 Å². The molecule has 4 heteroatoms. The Hall–Kier alpha value is -1.58. The van der Waals surface area contributed by atoms with Gasteiger partial charge in [-0.1, -0.05) is 6.07 Å². The molecule has 1 amide bonds. The van der Waals surface area contributed by atoms with Gasteiger partial charge < -0.3 is 10.6 Å². The summed E-state index contributed by atoms with van der Waals surface area (Å²) >= 11 is 0. The van der Waals surface area contributed by atoms with Crippen LogP contribution in [0.1, 0.15) is 13.3 Å². The molecule has 3 nitrogen and oxygen atoms in total. The number of benzene rings is 1. The number of amides is 1. The maximum Gasteiger partial charge on any atom is 0.226 e. The van der Waals surface area contributed by atoms with E-state index >= 15 is 0 Å². The van der Waals surface area contributed by atoms with Crippen molar-refractivity contribution in [2.75, 3.05) is 10.6 Å². The van der Waals surface area contributed by atoms with Crippen molar-refractivity contribution in [2.45, 2.75) is 19.4 Å². The Bertz CT molecular complexity index is 378. The van der Waals surface area contributed by atoms with Crippen molar-refractivity contribution in [3.8, 4) is 0 Å². The molecule has 1 aliphatic rings.